The van der Waals surface area contributed by atoms with Crippen molar-refractivity contribution in [3.63, 3.8) is 0 Å². The zero-order valence-electron chi connectivity index (χ0n) is 14.4. The van der Waals surface area contributed by atoms with Crippen molar-refractivity contribution in [1.29, 1.82) is 0 Å². The minimum atomic E-state index is -0.456. The first kappa shape index (κ1) is 18.3. The van der Waals surface area contributed by atoms with E-state index in [4.69, 9.17) is 4.74 Å². The topological polar surface area (TPSA) is 68.3 Å². The number of aryl methyl sites for hydroxylation is 1. The zero-order chi connectivity index (χ0) is 18.5. The highest BCUT2D eigenvalue weighted by Gasteiger charge is 2.23. The Kier molecular flexibility index (Phi) is 5.80. The minimum absolute atomic E-state index is 0.0713. The van der Waals surface area contributed by atoms with Gasteiger partial charge in [-0.25, -0.2) is 4.98 Å². The fraction of sp³-hybridized carbons (Fsp3) is 0.211. The number of ether oxygens (including phenoxy) is 1. The van der Waals surface area contributed by atoms with Gasteiger partial charge in [0.05, 0.1) is 30.1 Å². The zero-order valence-corrected chi connectivity index (χ0v) is 16.0. The second kappa shape index (κ2) is 8.25. The van der Waals surface area contributed by atoms with Gasteiger partial charge in [0, 0.05) is 0 Å². The predicted molar refractivity (Wildman–Crippen MR) is 103 cm³/mol. The summed E-state index contributed by atoms with van der Waals surface area (Å²) in [5.41, 5.74) is 1.53. The molecule has 0 saturated carbocycles. The third-order valence-electron chi connectivity index (χ3n) is 3.84. The summed E-state index contributed by atoms with van der Waals surface area (Å²) in [6, 6.07) is 12.9. The molecule has 0 aliphatic rings. The molecule has 5 nitrogen and oxygen atoms in total. The van der Waals surface area contributed by atoms with Gasteiger partial charge in [0.2, 0.25) is 0 Å². The summed E-state index contributed by atoms with van der Waals surface area (Å²) in [7, 11) is 1.34. The van der Waals surface area contributed by atoms with Crippen LogP contribution in [0.1, 0.15) is 33.4 Å². The summed E-state index contributed by atoms with van der Waals surface area (Å²) >= 11 is 2.95. The van der Waals surface area contributed by atoms with Gasteiger partial charge in [0.15, 0.2) is 0 Å². The Morgan fingerprint density at radius 2 is 1.96 bits per heavy atom. The number of hydrogen-bond acceptors (Lipinski definition) is 6. The van der Waals surface area contributed by atoms with E-state index >= 15 is 0 Å². The van der Waals surface area contributed by atoms with Crippen molar-refractivity contribution >= 4 is 34.6 Å². The molecule has 0 aliphatic carbocycles. The molecule has 3 rings (SSSR count). The number of esters is 1. The standard InChI is InChI=1S/C19H18N2O3S2/c1-12-17(26-19(20-12)15-9-6-10-25-15)18(23)21-14(11-16(22)24-2)13-7-4-3-5-8-13/h3-10,14H,11H2,1-2H3,(H,21,23). The number of thiazole rings is 1. The molecular formula is C19H18N2O3S2. The van der Waals surface area contributed by atoms with E-state index in [-0.39, 0.29) is 18.3 Å². The molecule has 2 aromatic heterocycles. The second-order valence-corrected chi connectivity index (χ2v) is 7.57. The van der Waals surface area contributed by atoms with Crippen LogP contribution in [0.4, 0.5) is 0 Å². The Labute approximate surface area is 159 Å². The predicted octanol–water partition coefficient (Wildman–Crippen LogP) is 4.21. The second-order valence-electron chi connectivity index (χ2n) is 5.63. The van der Waals surface area contributed by atoms with Gasteiger partial charge in [-0.15, -0.1) is 22.7 Å². The highest BCUT2D eigenvalue weighted by Crippen LogP contribution is 2.31. The normalized spacial score (nSPS) is 11.8. The molecular weight excluding hydrogens is 368 g/mol. The Hall–Kier alpha value is -2.51. The van der Waals surface area contributed by atoms with E-state index in [2.05, 4.69) is 10.3 Å². The van der Waals surface area contributed by atoms with E-state index in [9.17, 15) is 9.59 Å². The maximum absolute atomic E-state index is 12.8. The highest BCUT2D eigenvalue weighted by atomic mass is 32.1. The number of methoxy groups -OCH3 is 1. The lowest BCUT2D eigenvalue weighted by atomic mass is 10.0. The number of nitrogens with one attached hydrogen (secondary N) is 1. The summed E-state index contributed by atoms with van der Waals surface area (Å²) < 4.78 is 4.77. The SMILES string of the molecule is COC(=O)CC(NC(=O)c1sc(-c2cccs2)nc1C)c1ccccc1. The molecule has 1 unspecified atom stereocenters. The Morgan fingerprint density at radius 3 is 2.62 bits per heavy atom. The first-order valence-corrected chi connectivity index (χ1v) is 9.72. The van der Waals surface area contributed by atoms with Crippen LogP contribution in [0, 0.1) is 6.92 Å². The van der Waals surface area contributed by atoms with Crippen molar-refractivity contribution < 1.29 is 14.3 Å². The van der Waals surface area contributed by atoms with Gasteiger partial charge in [-0.3, -0.25) is 9.59 Å². The number of thiophene rings is 1. The molecule has 0 aliphatic heterocycles. The lowest BCUT2D eigenvalue weighted by Crippen LogP contribution is -2.30. The van der Waals surface area contributed by atoms with E-state index in [1.165, 1.54) is 18.4 Å². The van der Waals surface area contributed by atoms with Gasteiger partial charge < -0.3 is 10.1 Å². The molecule has 0 fully saturated rings. The molecule has 0 saturated heterocycles. The first-order valence-electron chi connectivity index (χ1n) is 8.02. The van der Waals surface area contributed by atoms with Crippen LogP contribution >= 0.6 is 22.7 Å². The van der Waals surface area contributed by atoms with Crippen molar-refractivity contribution in [3.8, 4) is 9.88 Å². The fourth-order valence-corrected chi connectivity index (χ4v) is 4.29. The van der Waals surface area contributed by atoms with Gasteiger partial charge in [0.1, 0.15) is 9.88 Å². The van der Waals surface area contributed by atoms with Crippen LogP contribution < -0.4 is 5.32 Å². The first-order chi connectivity index (χ1) is 12.6. The quantitative estimate of drug-likeness (QED) is 0.644. The van der Waals surface area contributed by atoms with Crippen molar-refractivity contribution in [3.05, 3.63) is 64.0 Å². The summed E-state index contributed by atoms with van der Waals surface area (Å²) in [5.74, 6) is -0.611. The smallest absolute Gasteiger partial charge is 0.307 e. The van der Waals surface area contributed by atoms with Crippen LogP contribution in [0.15, 0.2) is 47.8 Å². The van der Waals surface area contributed by atoms with Crippen LogP contribution in [-0.4, -0.2) is 24.0 Å². The number of amides is 1. The lowest BCUT2D eigenvalue weighted by molar-refractivity contribution is -0.141. The highest BCUT2D eigenvalue weighted by molar-refractivity contribution is 7.22. The number of carbonyl (C=O) groups is 2. The van der Waals surface area contributed by atoms with Crippen LogP contribution in [-0.2, 0) is 9.53 Å². The summed E-state index contributed by atoms with van der Waals surface area (Å²) in [5, 5.41) is 5.75. The number of hydrogen-bond donors (Lipinski definition) is 1. The molecule has 3 aromatic rings. The molecule has 26 heavy (non-hydrogen) atoms. The molecule has 1 N–H and O–H groups in total. The van der Waals surface area contributed by atoms with Crippen LogP contribution in [0.5, 0.6) is 0 Å². The van der Waals surface area contributed by atoms with E-state index in [1.54, 1.807) is 11.3 Å². The van der Waals surface area contributed by atoms with E-state index in [1.807, 2.05) is 54.8 Å². The summed E-state index contributed by atoms with van der Waals surface area (Å²) in [6.45, 7) is 1.82. The van der Waals surface area contributed by atoms with E-state index in [0.717, 1.165) is 15.4 Å². The minimum Gasteiger partial charge on any atom is -0.469 e. The van der Waals surface area contributed by atoms with Gasteiger partial charge in [-0.2, -0.15) is 0 Å². The third kappa shape index (κ3) is 4.17. The van der Waals surface area contributed by atoms with E-state index < -0.39 is 6.04 Å². The molecule has 7 heteroatoms. The Balaban J connectivity index is 1.82. The van der Waals surface area contributed by atoms with Gasteiger partial charge in [-0.05, 0) is 23.9 Å². The van der Waals surface area contributed by atoms with Crippen LogP contribution in [0.2, 0.25) is 0 Å². The van der Waals surface area contributed by atoms with Crippen molar-refractivity contribution in [2.24, 2.45) is 0 Å². The van der Waals surface area contributed by atoms with Crippen molar-refractivity contribution in [2.75, 3.05) is 7.11 Å². The lowest BCUT2D eigenvalue weighted by Gasteiger charge is -2.18. The average molecular weight is 386 g/mol. The number of rotatable bonds is 6. The maximum Gasteiger partial charge on any atom is 0.307 e. The summed E-state index contributed by atoms with van der Waals surface area (Å²) in [4.78, 5) is 30.7. The van der Waals surface area contributed by atoms with Gasteiger partial charge >= 0.3 is 5.97 Å². The van der Waals surface area contributed by atoms with Crippen molar-refractivity contribution in [2.45, 2.75) is 19.4 Å². The van der Waals surface area contributed by atoms with Crippen LogP contribution in [0.3, 0.4) is 0 Å². The fourth-order valence-electron chi connectivity index (χ4n) is 2.52. The number of nitrogens with zero attached hydrogens (tertiary/aromatic N) is 1. The van der Waals surface area contributed by atoms with Crippen LogP contribution in [0.25, 0.3) is 9.88 Å². The van der Waals surface area contributed by atoms with Gasteiger partial charge in [-0.1, -0.05) is 36.4 Å². The van der Waals surface area contributed by atoms with Crippen molar-refractivity contribution in [1.82, 2.24) is 10.3 Å². The number of carbonyl (C=O) groups excluding carboxylic acids is 2. The average Bonchev–Trinajstić information content (AvgIpc) is 3.31. The molecule has 0 radical (unpaired) electrons. The molecule has 134 valence electrons. The van der Waals surface area contributed by atoms with E-state index in [0.29, 0.717) is 10.6 Å². The number of aromatic nitrogens is 1. The molecule has 2 heterocycles. The number of benzene rings is 1. The molecule has 1 atom stereocenters. The summed E-state index contributed by atoms with van der Waals surface area (Å²) in [6.07, 6.45) is 0.0713. The maximum atomic E-state index is 12.8. The van der Waals surface area contributed by atoms with Gasteiger partial charge in [0.25, 0.3) is 5.91 Å². The molecule has 1 amide bonds. The Morgan fingerprint density at radius 1 is 1.19 bits per heavy atom. The molecule has 1 aromatic carbocycles. The largest absolute Gasteiger partial charge is 0.469 e. The monoisotopic (exact) mass is 386 g/mol. The molecule has 0 bridgehead atoms. The molecule has 0 spiro atoms. The Bertz CT molecular complexity index is 889. The third-order valence-corrected chi connectivity index (χ3v) is 6.04.